The van der Waals surface area contributed by atoms with Crippen LogP contribution in [0.1, 0.15) is 13.3 Å². The molecule has 8 heavy (non-hydrogen) atoms. The van der Waals surface area contributed by atoms with Gasteiger partial charge in [-0.1, -0.05) is 11.5 Å². The fourth-order valence-electron chi connectivity index (χ4n) is 0.185. The molecule has 0 rings (SSSR count). The summed E-state index contributed by atoms with van der Waals surface area (Å²) in [5, 5.41) is 0. The molecule has 1 radical (unpaired) electrons. The largest absolute Gasteiger partial charge is 0.427 e. The Morgan fingerprint density at radius 1 is 1.50 bits per heavy atom. The minimum Gasteiger partial charge on any atom is -0.246 e. The van der Waals surface area contributed by atoms with E-state index in [2.05, 4.69) is 4.18 Å². The Bertz CT molecular complexity index is 135. The summed E-state index contributed by atoms with van der Waals surface area (Å²) in [4.78, 5) is 0. The minimum absolute atomic E-state index is 0.0220. The van der Waals surface area contributed by atoms with Gasteiger partial charge in [-0.05, 0) is 6.42 Å². The topological polar surface area (TPSA) is 63.3 Å². The van der Waals surface area contributed by atoms with Gasteiger partial charge in [0.15, 0.2) is 0 Å². The maximum absolute atomic E-state index is 9.61. The molecule has 0 aromatic carbocycles. The van der Waals surface area contributed by atoms with Crippen molar-refractivity contribution in [3.63, 3.8) is 0 Å². The Morgan fingerprint density at radius 2 is 2.00 bits per heavy atom. The first-order valence-electron chi connectivity index (χ1n) is 2.16. The van der Waals surface area contributed by atoms with Gasteiger partial charge in [-0.3, -0.25) is 0 Å². The van der Waals surface area contributed by atoms with Gasteiger partial charge >= 0.3 is 10.4 Å². The molecular weight excluding hydrogens is 132 g/mol. The second kappa shape index (κ2) is 3.01. The third kappa shape index (κ3) is 5.87. The highest BCUT2D eigenvalue weighted by molar-refractivity contribution is 7.80. The average Bonchev–Trinajstić information content (AvgIpc) is 1.59. The van der Waals surface area contributed by atoms with Crippen molar-refractivity contribution in [2.24, 2.45) is 0 Å². The molecular formula is C3H7O4S. The van der Waals surface area contributed by atoms with Crippen LogP contribution >= 0.6 is 0 Å². The standard InChI is InChI=1S/C3H7O4S/c1-2-3-7-8(4,5)6/h2-3H2,1H3. The van der Waals surface area contributed by atoms with E-state index < -0.39 is 10.4 Å². The number of hydrogen-bond donors (Lipinski definition) is 0. The number of hydrogen-bond acceptors (Lipinski definition) is 3. The Kier molecular flexibility index (Phi) is 2.96. The van der Waals surface area contributed by atoms with Crippen molar-refractivity contribution in [2.45, 2.75) is 13.3 Å². The van der Waals surface area contributed by atoms with Gasteiger partial charge in [-0.15, -0.1) is 0 Å². The van der Waals surface area contributed by atoms with E-state index in [0.29, 0.717) is 6.42 Å². The lowest BCUT2D eigenvalue weighted by Crippen LogP contribution is -2.01. The van der Waals surface area contributed by atoms with Gasteiger partial charge in [0.1, 0.15) is 0 Å². The van der Waals surface area contributed by atoms with E-state index in [1.54, 1.807) is 6.92 Å². The van der Waals surface area contributed by atoms with E-state index in [1.807, 2.05) is 0 Å². The van der Waals surface area contributed by atoms with Crippen LogP contribution in [0.3, 0.4) is 0 Å². The molecule has 0 N–H and O–H groups in total. The summed E-state index contributed by atoms with van der Waals surface area (Å²) in [6, 6.07) is 0. The summed E-state index contributed by atoms with van der Waals surface area (Å²) in [7, 11) is -4.44. The van der Waals surface area contributed by atoms with Crippen LogP contribution in [0.15, 0.2) is 0 Å². The van der Waals surface area contributed by atoms with Gasteiger partial charge in [-0.2, -0.15) is 8.42 Å². The van der Waals surface area contributed by atoms with Crippen LogP contribution in [0.5, 0.6) is 0 Å². The van der Waals surface area contributed by atoms with Crippen molar-refractivity contribution in [3.05, 3.63) is 0 Å². The van der Waals surface area contributed by atoms with Crippen molar-refractivity contribution in [1.29, 1.82) is 0 Å². The van der Waals surface area contributed by atoms with Crippen LogP contribution in [0.4, 0.5) is 0 Å². The van der Waals surface area contributed by atoms with E-state index in [-0.39, 0.29) is 6.61 Å². The third-order valence-electron chi connectivity index (χ3n) is 0.432. The molecule has 0 aromatic rings. The van der Waals surface area contributed by atoms with Gasteiger partial charge < -0.3 is 0 Å². The van der Waals surface area contributed by atoms with Crippen molar-refractivity contribution in [1.82, 2.24) is 0 Å². The molecule has 0 saturated heterocycles. The Morgan fingerprint density at radius 3 is 2.12 bits per heavy atom. The molecule has 0 amide bonds. The van der Waals surface area contributed by atoms with Crippen LogP contribution < -0.4 is 0 Å². The summed E-state index contributed by atoms with van der Waals surface area (Å²) in [5.41, 5.74) is 0. The van der Waals surface area contributed by atoms with Crippen LogP contribution in [0, 0.1) is 0 Å². The summed E-state index contributed by atoms with van der Waals surface area (Å²) in [5.74, 6) is 0. The van der Waals surface area contributed by atoms with Crippen LogP contribution in [0.2, 0.25) is 0 Å². The molecule has 0 aliphatic carbocycles. The van der Waals surface area contributed by atoms with Crippen molar-refractivity contribution in [3.8, 4) is 0 Å². The summed E-state index contributed by atoms with van der Waals surface area (Å²) in [6.07, 6.45) is 0.529. The van der Waals surface area contributed by atoms with Crippen molar-refractivity contribution < 1.29 is 17.2 Å². The Hall–Kier alpha value is -0.130. The molecule has 0 aliphatic heterocycles. The van der Waals surface area contributed by atoms with E-state index in [9.17, 15) is 13.0 Å². The SMILES string of the molecule is CCCOS([O])(=O)=O. The molecule has 0 aliphatic rings. The van der Waals surface area contributed by atoms with Crippen LogP contribution in [0.25, 0.3) is 0 Å². The minimum atomic E-state index is -4.44. The molecule has 0 spiro atoms. The van der Waals surface area contributed by atoms with Crippen LogP contribution in [-0.2, 0) is 19.1 Å². The molecule has 0 bridgehead atoms. The zero-order valence-electron chi connectivity index (χ0n) is 4.46. The molecule has 5 heteroatoms. The van der Waals surface area contributed by atoms with E-state index >= 15 is 0 Å². The van der Waals surface area contributed by atoms with E-state index in [4.69, 9.17) is 0 Å². The van der Waals surface area contributed by atoms with E-state index in [0.717, 1.165) is 0 Å². The summed E-state index contributed by atoms with van der Waals surface area (Å²) >= 11 is 0. The predicted molar refractivity (Wildman–Crippen MR) is 25.8 cm³/mol. The van der Waals surface area contributed by atoms with Gasteiger partial charge in [0.05, 0.1) is 6.61 Å². The second-order valence-electron chi connectivity index (χ2n) is 1.23. The smallest absolute Gasteiger partial charge is 0.246 e. The first-order valence-corrected chi connectivity index (χ1v) is 3.50. The molecule has 0 saturated carbocycles. The molecule has 0 unspecified atom stereocenters. The summed E-state index contributed by atoms with van der Waals surface area (Å²) < 4.78 is 32.6. The average molecular weight is 139 g/mol. The second-order valence-corrected chi connectivity index (χ2v) is 2.28. The lowest BCUT2D eigenvalue weighted by atomic mass is 10.5. The highest BCUT2D eigenvalue weighted by atomic mass is 32.3. The predicted octanol–water partition coefficient (Wildman–Crippen LogP) is 0.0883. The highest BCUT2D eigenvalue weighted by Crippen LogP contribution is 1.87. The van der Waals surface area contributed by atoms with Gasteiger partial charge in [-0.25, -0.2) is 4.18 Å². The van der Waals surface area contributed by atoms with Crippen molar-refractivity contribution in [2.75, 3.05) is 6.61 Å². The van der Waals surface area contributed by atoms with Crippen LogP contribution in [-0.4, -0.2) is 15.0 Å². The Labute approximate surface area is 48.4 Å². The van der Waals surface area contributed by atoms with Gasteiger partial charge in [0.25, 0.3) is 0 Å². The van der Waals surface area contributed by atoms with Crippen molar-refractivity contribution >= 4 is 10.4 Å². The molecule has 49 valence electrons. The monoisotopic (exact) mass is 139 g/mol. The lowest BCUT2D eigenvalue weighted by molar-refractivity contribution is 0.244. The zero-order valence-corrected chi connectivity index (χ0v) is 5.27. The third-order valence-corrected chi connectivity index (χ3v) is 0.887. The molecule has 0 fully saturated rings. The maximum Gasteiger partial charge on any atom is 0.427 e. The zero-order chi connectivity index (χ0) is 6.62. The van der Waals surface area contributed by atoms with E-state index in [1.165, 1.54) is 0 Å². The molecule has 4 nitrogen and oxygen atoms in total. The normalized spacial score (nSPS) is 11.8. The molecule has 0 atom stereocenters. The molecule has 0 heterocycles. The van der Waals surface area contributed by atoms with Gasteiger partial charge in [0.2, 0.25) is 0 Å². The lowest BCUT2D eigenvalue weighted by Gasteiger charge is -1.90. The summed E-state index contributed by atoms with van der Waals surface area (Å²) in [6.45, 7) is 1.69. The maximum atomic E-state index is 9.61. The Balaban J connectivity index is 3.42. The molecule has 0 aromatic heterocycles. The van der Waals surface area contributed by atoms with Gasteiger partial charge in [0, 0.05) is 0 Å². The fraction of sp³-hybridized carbons (Fsp3) is 1.00. The quantitative estimate of drug-likeness (QED) is 0.556. The first kappa shape index (κ1) is 7.87. The first-order chi connectivity index (χ1) is 3.56. The highest BCUT2D eigenvalue weighted by Gasteiger charge is 2.03. The number of rotatable bonds is 3. The fourth-order valence-corrected chi connectivity index (χ4v) is 0.556.